The zero-order chi connectivity index (χ0) is 15.6. The molecule has 4 aromatic rings. The van der Waals surface area contributed by atoms with E-state index in [9.17, 15) is 4.79 Å². The van der Waals surface area contributed by atoms with Crippen LogP contribution in [0.1, 0.15) is 16.2 Å². The fraction of sp³-hybridized carbons (Fsp3) is 0.111. The van der Waals surface area contributed by atoms with Crippen LogP contribution < -0.4 is 5.32 Å². The van der Waals surface area contributed by atoms with Gasteiger partial charge in [-0.15, -0.1) is 0 Å². The second-order valence-corrected chi connectivity index (χ2v) is 5.37. The van der Waals surface area contributed by atoms with E-state index in [-0.39, 0.29) is 5.91 Å². The van der Waals surface area contributed by atoms with Gasteiger partial charge in [0.15, 0.2) is 0 Å². The molecule has 4 rings (SSSR count). The Bertz CT molecular complexity index is 970. The van der Waals surface area contributed by atoms with Gasteiger partial charge in [0, 0.05) is 29.9 Å². The smallest absolute Gasteiger partial charge is 0.267 e. The summed E-state index contributed by atoms with van der Waals surface area (Å²) < 4.78 is 5.25. The SMILES string of the molecule is O=C(NCCc1ccco1)c1cc2ccc3cccnc3c2[nH]1. The molecule has 0 unspecified atom stereocenters. The predicted molar refractivity (Wildman–Crippen MR) is 88.3 cm³/mol. The topological polar surface area (TPSA) is 70.9 Å². The summed E-state index contributed by atoms with van der Waals surface area (Å²) in [6.07, 6.45) is 4.06. The quantitative estimate of drug-likeness (QED) is 0.608. The maximum absolute atomic E-state index is 12.3. The number of amides is 1. The number of furan rings is 1. The van der Waals surface area contributed by atoms with Crippen LogP contribution >= 0.6 is 0 Å². The number of H-pyrrole nitrogens is 1. The van der Waals surface area contributed by atoms with Crippen molar-refractivity contribution < 1.29 is 9.21 Å². The number of benzene rings is 1. The molecular formula is C18H15N3O2. The third-order valence-corrected chi connectivity index (χ3v) is 3.85. The first-order valence-corrected chi connectivity index (χ1v) is 7.48. The van der Waals surface area contributed by atoms with E-state index in [1.165, 1.54) is 0 Å². The van der Waals surface area contributed by atoms with Crippen molar-refractivity contribution in [2.75, 3.05) is 6.54 Å². The highest BCUT2D eigenvalue weighted by Crippen LogP contribution is 2.23. The molecule has 5 heteroatoms. The van der Waals surface area contributed by atoms with Crippen LogP contribution in [0.3, 0.4) is 0 Å². The molecule has 2 N–H and O–H groups in total. The van der Waals surface area contributed by atoms with Crippen LogP contribution in [0.4, 0.5) is 0 Å². The number of hydrogen-bond donors (Lipinski definition) is 2. The number of nitrogens with zero attached hydrogens (tertiary/aromatic N) is 1. The molecule has 0 aliphatic rings. The summed E-state index contributed by atoms with van der Waals surface area (Å²) in [5, 5.41) is 4.92. The Hall–Kier alpha value is -3.08. The van der Waals surface area contributed by atoms with Gasteiger partial charge in [-0.2, -0.15) is 0 Å². The first-order chi connectivity index (χ1) is 11.3. The average molecular weight is 305 g/mol. The summed E-state index contributed by atoms with van der Waals surface area (Å²) in [7, 11) is 0. The molecule has 0 spiro atoms. The van der Waals surface area contributed by atoms with Crippen molar-refractivity contribution in [3.63, 3.8) is 0 Å². The number of carbonyl (C=O) groups is 1. The minimum absolute atomic E-state index is 0.128. The van der Waals surface area contributed by atoms with Crippen LogP contribution in [0.5, 0.6) is 0 Å². The van der Waals surface area contributed by atoms with Crippen molar-refractivity contribution in [2.45, 2.75) is 6.42 Å². The van der Waals surface area contributed by atoms with Crippen LogP contribution in [0.15, 0.2) is 59.3 Å². The maximum atomic E-state index is 12.3. The molecule has 1 amide bonds. The van der Waals surface area contributed by atoms with E-state index in [1.807, 2.05) is 42.5 Å². The Labute approximate surface area is 132 Å². The molecule has 3 heterocycles. The Kier molecular flexibility index (Phi) is 3.31. The van der Waals surface area contributed by atoms with Gasteiger partial charge in [-0.1, -0.05) is 18.2 Å². The predicted octanol–water partition coefficient (Wildman–Crippen LogP) is 3.28. The maximum Gasteiger partial charge on any atom is 0.267 e. The molecular weight excluding hydrogens is 290 g/mol. The molecule has 0 aliphatic carbocycles. The lowest BCUT2D eigenvalue weighted by atomic mass is 10.1. The summed E-state index contributed by atoms with van der Waals surface area (Å²) >= 11 is 0. The van der Waals surface area contributed by atoms with Crippen LogP contribution in [-0.4, -0.2) is 22.4 Å². The molecule has 0 saturated carbocycles. The van der Waals surface area contributed by atoms with Crippen LogP contribution in [-0.2, 0) is 6.42 Å². The average Bonchev–Trinajstić information content (AvgIpc) is 3.24. The summed E-state index contributed by atoms with van der Waals surface area (Å²) in [4.78, 5) is 19.9. The molecule has 0 aliphatic heterocycles. The van der Waals surface area contributed by atoms with Crippen molar-refractivity contribution in [3.8, 4) is 0 Å². The molecule has 0 atom stereocenters. The summed E-state index contributed by atoms with van der Waals surface area (Å²) in [6.45, 7) is 0.528. The number of aromatic nitrogens is 2. The Morgan fingerprint density at radius 3 is 2.96 bits per heavy atom. The summed E-state index contributed by atoms with van der Waals surface area (Å²) in [6, 6.07) is 13.5. The van der Waals surface area contributed by atoms with Gasteiger partial charge < -0.3 is 14.7 Å². The summed E-state index contributed by atoms with van der Waals surface area (Å²) in [5.41, 5.74) is 2.30. The zero-order valence-corrected chi connectivity index (χ0v) is 12.4. The highest BCUT2D eigenvalue weighted by Gasteiger charge is 2.11. The van der Waals surface area contributed by atoms with E-state index in [2.05, 4.69) is 15.3 Å². The van der Waals surface area contributed by atoms with Gasteiger partial charge in [0.25, 0.3) is 5.91 Å². The number of carbonyl (C=O) groups excluding carboxylic acids is 1. The highest BCUT2D eigenvalue weighted by atomic mass is 16.3. The first kappa shape index (κ1) is 13.6. The Morgan fingerprint density at radius 1 is 1.17 bits per heavy atom. The van der Waals surface area contributed by atoms with Crippen molar-refractivity contribution in [3.05, 3.63) is 66.4 Å². The van der Waals surface area contributed by atoms with Crippen molar-refractivity contribution >= 4 is 27.7 Å². The van der Waals surface area contributed by atoms with E-state index in [4.69, 9.17) is 4.42 Å². The van der Waals surface area contributed by atoms with Crippen LogP contribution in [0.2, 0.25) is 0 Å². The number of pyridine rings is 1. The number of fused-ring (bicyclic) bond motifs is 3. The normalized spacial score (nSPS) is 11.1. The molecule has 0 radical (unpaired) electrons. The zero-order valence-electron chi connectivity index (χ0n) is 12.4. The fourth-order valence-electron chi connectivity index (χ4n) is 2.71. The third-order valence-electron chi connectivity index (χ3n) is 3.85. The minimum atomic E-state index is -0.128. The van der Waals surface area contributed by atoms with E-state index < -0.39 is 0 Å². The van der Waals surface area contributed by atoms with E-state index in [0.717, 1.165) is 27.6 Å². The Morgan fingerprint density at radius 2 is 2.09 bits per heavy atom. The van der Waals surface area contributed by atoms with Gasteiger partial charge in [0.05, 0.1) is 17.3 Å². The molecule has 0 bridgehead atoms. The molecule has 114 valence electrons. The lowest BCUT2D eigenvalue weighted by Crippen LogP contribution is -2.25. The minimum Gasteiger partial charge on any atom is -0.469 e. The molecule has 1 aromatic carbocycles. The van der Waals surface area contributed by atoms with E-state index in [0.29, 0.717) is 18.7 Å². The molecule has 3 aromatic heterocycles. The van der Waals surface area contributed by atoms with Gasteiger partial charge in [0.2, 0.25) is 0 Å². The van der Waals surface area contributed by atoms with E-state index in [1.54, 1.807) is 12.5 Å². The molecule has 0 fully saturated rings. The Balaban J connectivity index is 1.56. The lowest BCUT2D eigenvalue weighted by Gasteiger charge is -2.01. The molecule has 5 nitrogen and oxygen atoms in total. The van der Waals surface area contributed by atoms with Gasteiger partial charge in [-0.25, -0.2) is 0 Å². The highest BCUT2D eigenvalue weighted by molar-refractivity contribution is 6.07. The second kappa shape index (κ2) is 5.61. The monoisotopic (exact) mass is 305 g/mol. The third kappa shape index (κ3) is 2.57. The molecule has 0 saturated heterocycles. The number of nitrogens with one attached hydrogen (secondary N) is 2. The largest absolute Gasteiger partial charge is 0.469 e. The number of rotatable bonds is 4. The van der Waals surface area contributed by atoms with Crippen molar-refractivity contribution in [2.24, 2.45) is 0 Å². The van der Waals surface area contributed by atoms with Crippen LogP contribution in [0.25, 0.3) is 21.8 Å². The van der Waals surface area contributed by atoms with Crippen molar-refractivity contribution in [1.82, 2.24) is 15.3 Å². The first-order valence-electron chi connectivity index (χ1n) is 7.48. The lowest BCUT2D eigenvalue weighted by molar-refractivity contribution is 0.0949. The van der Waals surface area contributed by atoms with Crippen LogP contribution in [0, 0.1) is 0 Å². The van der Waals surface area contributed by atoms with E-state index >= 15 is 0 Å². The summed E-state index contributed by atoms with van der Waals surface area (Å²) in [5.74, 6) is 0.731. The van der Waals surface area contributed by atoms with Gasteiger partial charge in [0.1, 0.15) is 11.5 Å². The number of hydrogen-bond acceptors (Lipinski definition) is 3. The van der Waals surface area contributed by atoms with Crippen molar-refractivity contribution in [1.29, 1.82) is 0 Å². The molecule has 23 heavy (non-hydrogen) atoms. The standard InChI is InChI=1S/C18H15N3O2/c22-18(20-9-7-14-4-2-10-23-14)15-11-13-6-5-12-3-1-8-19-16(12)17(13)21-15/h1-6,8,10-11,21H,7,9H2,(H,20,22). The second-order valence-electron chi connectivity index (χ2n) is 5.37. The van der Waals surface area contributed by atoms with Gasteiger partial charge >= 0.3 is 0 Å². The number of aromatic amines is 1. The fourth-order valence-corrected chi connectivity index (χ4v) is 2.71. The van der Waals surface area contributed by atoms with Gasteiger partial charge in [-0.3, -0.25) is 9.78 Å². The van der Waals surface area contributed by atoms with Gasteiger partial charge in [-0.05, 0) is 24.3 Å².